The van der Waals surface area contributed by atoms with Crippen LogP contribution < -0.4 is 9.75 Å². The summed E-state index contributed by atoms with van der Waals surface area (Å²) in [6.07, 6.45) is 0. The fourth-order valence-corrected chi connectivity index (χ4v) is 2.35. The maximum Gasteiger partial charge on any atom is 0.314 e. The van der Waals surface area contributed by atoms with Crippen LogP contribution in [0.5, 0.6) is 5.75 Å². The van der Waals surface area contributed by atoms with Crippen LogP contribution in [0.3, 0.4) is 0 Å². The molecule has 0 unspecified atom stereocenters. The van der Waals surface area contributed by atoms with Crippen LogP contribution in [0.4, 0.5) is 5.69 Å². The molecule has 1 aliphatic heterocycles. The van der Waals surface area contributed by atoms with Gasteiger partial charge >= 0.3 is 5.91 Å². The molecule has 1 heterocycles. The fraction of sp³-hybridized carbons (Fsp3) is 0.176. The van der Waals surface area contributed by atoms with E-state index >= 15 is 0 Å². The minimum absolute atomic E-state index is 0.137. The quantitative estimate of drug-likeness (QED) is 0.840. The largest absolute Gasteiger partial charge is 0.497 e. The fourth-order valence-electron chi connectivity index (χ4n) is 2.35. The van der Waals surface area contributed by atoms with E-state index in [2.05, 4.69) is 5.10 Å². The predicted molar refractivity (Wildman–Crippen MR) is 85.4 cm³/mol. The second kappa shape index (κ2) is 5.49. The normalized spacial score (nSPS) is 16.4. The van der Waals surface area contributed by atoms with Crippen molar-refractivity contribution in [3.05, 3.63) is 59.7 Å². The molecule has 0 aliphatic carbocycles. The standard InChI is InChI=1S/C17H16N2O4/c1-11-6-8-13(9-7-11)19-16(20)17(21,22)15(18-19)12-4-3-5-14(10-12)23-2/h3-10,21-22H,1-2H3. The van der Waals surface area contributed by atoms with Gasteiger partial charge < -0.3 is 14.9 Å². The summed E-state index contributed by atoms with van der Waals surface area (Å²) in [6, 6.07) is 13.7. The van der Waals surface area contributed by atoms with Crippen LogP contribution in [-0.2, 0) is 4.79 Å². The molecule has 0 atom stereocenters. The van der Waals surface area contributed by atoms with Gasteiger partial charge in [-0.3, -0.25) is 4.79 Å². The Balaban J connectivity index is 2.06. The Kier molecular flexibility index (Phi) is 3.63. The first-order valence-corrected chi connectivity index (χ1v) is 7.03. The van der Waals surface area contributed by atoms with Crippen LogP contribution in [0.2, 0.25) is 0 Å². The van der Waals surface area contributed by atoms with Gasteiger partial charge in [0.05, 0.1) is 12.8 Å². The Bertz CT molecular complexity index is 781. The molecule has 23 heavy (non-hydrogen) atoms. The smallest absolute Gasteiger partial charge is 0.314 e. The Morgan fingerprint density at radius 2 is 1.83 bits per heavy atom. The maximum absolute atomic E-state index is 12.3. The molecule has 1 amide bonds. The summed E-state index contributed by atoms with van der Waals surface area (Å²) in [5.41, 5.74) is 1.75. The average Bonchev–Trinajstić information content (AvgIpc) is 2.79. The summed E-state index contributed by atoms with van der Waals surface area (Å²) < 4.78 is 5.12. The number of hydrogen-bond donors (Lipinski definition) is 2. The van der Waals surface area contributed by atoms with Crippen LogP contribution in [0.1, 0.15) is 11.1 Å². The number of methoxy groups -OCH3 is 1. The molecule has 6 nitrogen and oxygen atoms in total. The van der Waals surface area contributed by atoms with Gasteiger partial charge in [0.25, 0.3) is 5.79 Å². The number of benzene rings is 2. The van der Waals surface area contributed by atoms with Gasteiger partial charge in [0, 0.05) is 5.56 Å². The lowest BCUT2D eigenvalue weighted by Crippen LogP contribution is -2.46. The van der Waals surface area contributed by atoms with E-state index in [9.17, 15) is 15.0 Å². The molecule has 1 aliphatic rings. The summed E-state index contributed by atoms with van der Waals surface area (Å²) >= 11 is 0. The van der Waals surface area contributed by atoms with E-state index in [0.29, 0.717) is 17.0 Å². The lowest BCUT2D eigenvalue weighted by atomic mass is 10.0. The Morgan fingerprint density at radius 1 is 1.13 bits per heavy atom. The molecular formula is C17H16N2O4. The molecule has 0 spiro atoms. The molecular weight excluding hydrogens is 296 g/mol. The zero-order valence-corrected chi connectivity index (χ0v) is 12.7. The van der Waals surface area contributed by atoms with E-state index in [-0.39, 0.29) is 5.71 Å². The van der Waals surface area contributed by atoms with Crippen LogP contribution in [0, 0.1) is 6.92 Å². The highest BCUT2D eigenvalue weighted by atomic mass is 16.5. The van der Waals surface area contributed by atoms with E-state index in [0.717, 1.165) is 10.6 Å². The third-order valence-electron chi connectivity index (χ3n) is 3.64. The molecule has 3 rings (SSSR count). The number of ether oxygens (including phenoxy) is 1. The second-order valence-corrected chi connectivity index (χ2v) is 5.31. The Hall–Kier alpha value is -2.70. The molecule has 2 aromatic carbocycles. The van der Waals surface area contributed by atoms with Crippen molar-refractivity contribution < 1.29 is 19.7 Å². The van der Waals surface area contributed by atoms with Gasteiger partial charge in [0.2, 0.25) is 0 Å². The third kappa shape index (κ3) is 2.58. The summed E-state index contributed by atoms with van der Waals surface area (Å²) in [6.45, 7) is 1.92. The Labute approximate surface area is 133 Å². The topological polar surface area (TPSA) is 82.4 Å². The number of anilines is 1. The first kappa shape index (κ1) is 15.2. The van der Waals surface area contributed by atoms with Gasteiger partial charge in [-0.25, -0.2) is 0 Å². The van der Waals surface area contributed by atoms with E-state index in [1.165, 1.54) is 7.11 Å². The van der Waals surface area contributed by atoms with E-state index in [1.807, 2.05) is 19.1 Å². The molecule has 2 aromatic rings. The Morgan fingerprint density at radius 3 is 2.48 bits per heavy atom. The zero-order valence-electron chi connectivity index (χ0n) is 12.7. The number of aliphatic hydroxyl groups is 2. The number of hydrazone groups is 1. The lowest BCUT2D eigenvalue weighted by molar-refractivity contribution is -0.155. The molecule has 0 fully saturated rings. The summed E-state index contributed by atoms with van der Waals surface area (Å²) in [5, 5.41) is 25.5. The van der Waals surface area contributed by atoms with Crippen LogP contribution in [-0.4, -0.2) is 34.7 Å². The highest BCUT2D eigenvalue weighted by Crippen LogP contribution is 2.29. The molecule has 0 saturated heterocycles. The summed E-state index contributed by atoms with van der Waals surface area (Å²) in [5.74, 6) is -3.07. The minimum Gasteiger partial charge on any atom is -0.497 e. The van der Waals surface area contributed by atoms with Crippen LogP contribution >= 0.6 is 0 Å². The molecule has 118 valence electrons. The monoisotopic (exact) mass is 312 g/mol. The number of rotatable bonds is 3. The van der Waals surface area contributed by atoms with Crippen LogP contribution in [0.15, 0.2) is 53.6 Å². The van der Waals surface area contributed by atoms with E-state index in [4.69, 9.17) is 4.74 Å². The van der Waals surface area contributed by atoms with Crippen molar-refractivity contribution in [2.24, 2.45) is 5.10 Å². The van der Waals surface area contributed by atoms with E-state index in [1.54, 1.807) is 36.4 Å². The highest BCUT2D eigenvalue weighted by Gasteiger charge is 2.49. The van der Waals surface area contributed by atoms with Crippen molar-refractivity contribution in [3.8, 4) is 5.75 Å². The van der Waals surface area contributed by atoms with Gasteiger partial charge in [0.1, 0.15) is 11.5 Å². The SMILES string of the molecule is COc1cccc(C2=NN(c3ccc(C)cc3)C(=O)C2(O)O)c1. The van der Waals surface area contributed by atoms with E-state index < -0.39 is 11.7 Å². The maximum atomic E-state index is 12.3. The van der Waals surface area contributed by atoms with Gasteiger partial charge in [0.15, 0.2) is 0 Å². The third-order valence-corrected chi connectivity index (χ3v) is 3.64. The van der Waals surface area contributed by atoms with Crippen molar-refractivity contribution in [1.82, 2.24) is 0 Å². The molecule has 0 saturated carbocycles. The summed E-state index contributed by atoms with van der Waals surface area (Å²) in [7, 11) is 1.50. The average molecular weight is 312 g/mol. The van der Waals surface area contributed by atoms with Crippen molar-refractivity contribution in [3.63, 3.8) is 0 Å². The second-order valence-electron chi connectivity index (χ2n) is 5.31. The van der Waals surface area contributed by atoms with Gasteiger partial charge in [-0.1, -0.05) is 29.8 Å². The molecule has 6 heteroatoms. The van der Waals surface area contributed by atoms with Gasteiger partial charge in [-0.05, 0) is 31.2 Å². The number of carbonyl (C=O) groups excluding carboxylic acids is 1. The first-order valence-electron chi connectivity index (χ1n) is 7.03. The number of carbonyl (C=O) groups is 1. The zero-order chi connectivity index (χ0) is 16.6. The van der Waals surface area contributed by atoms with Crippen molar-refractivity contribution in [1.29, 1.82) is 0 Å². The lowest BCUT2D eigenvalue weighted by Gasteiger charge is -2.17. The van der Waals surface area contributed by atoms with Crippen molar-refractivity contribution >= 4 is 17.3 Å². The molecule has 0 radical (unpaired) electrons. The van der Waals surface area contributed by atoms with Crippen molar-refractivity contribution in [2.45, 2.75) is 12.7 Å². The van der Waals surface area contributed by atoms with Gasteiger partial charge in [-0.2, -0.15) is 10.1 Å². The number of hydrogen-bond acceptors (Lipinski definition) is 5. The van der Waals surface area contributed by atoms with Crippen LogP contribution in [0.25, 0.3) is 0 Å². The number of nitrogens with zero attached hydrogens (tertiary/aromatic N) is 2. The predicted octanol–water partition coefficient (Wildman–Crippen LogP) is 1.44. The minimum atomic E-state index is -2.68. The molecule has 0 aromatic heterocycles. The van der Waals surface area contributed by atoms with Crippen molar-refractivity contribution in [2.75, 3.05) is 12.1 Å². The molecule has 2 N–H and O–H groups in total. The highest BCUT2D eigenvalue weighted by molar-refractivity contribution is 6.26. The first-order chi connectivity index (χ1) is 10.9. The number of amides is 1. The molecule has 0 bridgehead atoms. The summed E-state index contributed by atoms with van der Waals surface area (Å²) in [4.78, 5) is 12.3. The van der Waals surface area contributed by atoms with Gasteiger partial charge in [-0.15, -0.1) is 0 Å². The number of aryl methyl sites for hydroxylation is 1.